The lowest BCUT2D eigenvalue weighted by atomic mass is 10.0. The summed E-state index contributed by atoms with van der Waals surface area (Å²) in [5.41, 5.74) is 0.115. The smallest absolute Gasteiger partial charge is 0.294 e. The van der Waals surface area contributed by atoms with Crippen LogP contribution in [0.5, 0.6) is 0 Å². The van der Waals surface area contributed by atoms with Crippen LogP contribution in [0, 0.1) is 39.6 Å². The van der Waals surface area contributed by atoms with Gasteiger partial charge in [-0.1, -0.05) is 11.6 Å². The van der Waals surface area contributed by atoms with Gasteiger partial charge in [0, 0.05) is 18.2 Å². The van der Waals surface area contributed by atoms with Gasteiger partial charge >= 0.3 is 0 Å². The molecule has 20 heavy (non-hydrogen) atoms. The van der Waals surface area contributed by atoms with Crippen molar-refractivity contribution in [1.29, 1.82) is 0 Å². The maximum absolute atomic E-state index is 13.6. The van der Waals surface area contributed by atoms with Gasteiger partial charge in [-0.2, -0.15) is 0 Å². The van der Waals surface area contributed by atoms with Crippen LogP contribution in [-0.2, 0) is 0 Å². The van der Waals surface area contributed by atoms with Crippen molar-refractivity contribution in [2.24, 2.45) is 23.7 Å². The number of hydrogen-bond acceptors (Lipinski definition) is 3. The van der Waals surface area contributed by atoms with Gasteiger partial charge in [-0.15, -0.1) is 0 Å². The van der Waals surface area contributed by atoms with Crippen LogP contribution in [0.2, 0.25) is 5.02 Å². The van der Waals surface area contributed by atoms with Gasteiger partial charge in [-0.05, 0) is 42.9 Å². The van der Waals surface area contributed by atoms with Crippen LogP contribution in [0.3, 0.4) is 0 Å². The van der Waals surface area contributed by atoms with Crippen molar-refractivity contribution in [2.75, 3.05) is 5.32 Å². The molecule has 3 aliphatic carbocycles. The molecule has 0 aliphatic heterocycles. The zero-order valence-corrected chi connectivity index (χ0v) is 11.4. The van der Waals surface area contributed by atoms with Crippen molar-refractivity contribution in [3.8, 4) is 0 Å². The van der Waals surface area contributed by atoms with Gasteiger partial charge < -0.3 is 5.32 Å². The van der Waals surface area contributed by atoms with E-state index in [4.69, 9.17) is 11.6 Å². The third kappa shape index (κ3) is 1.65. The lowest BCUT2D eigenvalue weighted by molar-refractivity contribution is -0.384. The normalized spacial score (nSPS) is 36.8. The second-order valence-electron chi connectivity index (χ2n) is 6.20. The van der Waals surface area contributed by atoms with E-state index in [1.807, 2.05) is 0 Å². The van der Waals surface area contributed by atoms with E-state index >= 15 is 0 Å². The van der Waals surface area contributed by atoms with E-state index in [1.165, 1.54) is 19.3 Å². The summed E-state index contributed by atoms with van der Waals surface area (Å²) in [6.07, 6.45) is 3.87. The summed E-state index contributed by atoms with van der Waals surface area (Å²) in [5, 5.41) is 14.0. The van der Waals surface area contributed by atoms with Crippen molar-refractivity contribution in [3.63, 3.8) is 0 Å². The summed E-state index contributed by atoms with van der Waals surface area (Å²) < 4.78 is 13.6. The highest BCUT2D eigenvalue weighted by Crippen LogP contribution is 2.66. The average molecular weight is 297 g/mol. The predicted octanol–water partition coefficient (Wildman–Crippen LogP) is 3.84. The molecule has 0 radical (unpaired) electrons. The molecule has 0 saturated heterocycles. The maximum Gasteiger partial charge on any atom is 0.294 e. The molecule has 3 saturated carbocycles. The van der Waals surface area contributed by atoms with Gasteiger partial charge in [-0.3, -0.25) is 10.1 Å². The quantitative estimate of drug-likeness (QED) is 0.681. The molecule has 1 aromatic rings. The summed E-state index contributed by atoms with van der Waals surface area (Å²) in [7, 11) is 0. The number of nitro benzene ring substituents is 1. The molecule has 4 nitrogen and oxygen atoms in total. The van der Waals surface area contributed by atoms with E-state index in [9.17, 15) is 14.5 Å². The van der Waals surface area contributed by atoms with E-state index in [2.05, 4.69) is 5.32 Å². The number of halogens is 2. The Hall–Kier alpha value is -1.36. The van der Waals surface area contributed by atoms with Crippen molar-refractivity contribution in [2.45, 2.75) is 25.3 Å². The molecule has 0 heterocycles. The highest BCUT2D eigenvalue weighted by atomic mass is 35.5. The monoisotopic (exact) mass is 296 g/mol. The largest absolute Gasteiger partial charge is 0.376 e. The van der Waals surface area contributed by atoms with E-state index in [-0.39, 0.29) is 22.4 Å². The van der Waals surface area contributed by atoms with Gasteiger partial charge in [0.15, 0.2) is 0 Å². The first-order valence-corrected chi connectivity index (χ1v) is 7.34. The number of nitrogens with one attached hydrogen (secondary N) is 1. The van der Waals surface area contributed by atoms with Crippen LogP contribution < -0.4 is 5.32 Å². The number of nitro groups is 1. The van der Waals surface area contributed by atoms with Crippen LogP contribution >= 0.6 is 11.6 Å². The lowest BCUT2D eigenvalue weighted by Gasteiger charge is -2.12. The molecule has 2 bridgehead atoms. The second-order valence-corrected chi connectivity index (χ2v) is 6.61. The molecule has 1 aromatic carbocycles. The molecule has 6 heteroatoms. The molecule has 0 spiro atoms. The molecule has 106 valence electrons. The van der Waals surface area contributed by atoms with Crippen molar-refractivity contribution >= 4 is 23.0 Å². The van der Waals surface area contributed by atoms with E-state index in [0.717, 1.165) is 24.0 Å². The van der Waals surface area contributed by atoms with Crippen LogP contribution in [0.4, 0.5) is 15.8 Å². The van der Waals surface area contributed by atoms with Crippen LogP contribution in [-0.4, -0.2) is 11.0 Å². The molecule has 3 aliphatic rings. The number of rotatable bonds is 3. The summed E-state index contributed by atoms with van der Waals surface area (Å²) in [6.45, 7) is 0. The summed E-state index contributed by atoms with van der Waals surface area (Å²) in [4.78, 5) is 10.5. The van der Waals surface area contributed by atoms with Gasteiger partial charge in [0.1, 0.15) is 11.5 Å². The fraction of sp³-hybridized carbons (Fsp3) is 0.571. The fourth-order valence-corrected chi connectivity index (χ4v) is 4.66. The zero-order valence-electron chi connectivity index (χ0n) is 10.7. The van der Waals surface area contributed by atoms with E-state index in [0.29, 0.717) is 11.8 Å². The van der Waals surface area contributed by atoms with Gasteiger partial charge in [0.25, 0.3) is 5.69 Å². The number of benzene rings is 1. The topological polar surface area (TPSA) is 55.2 Å². The Kier molecular flexibility index (Phi) is 2.52. The SMILES string of the molecule is O=[N+]([O-])c1cc(Cl)c(F)cc1NC1C2C3CCC(C3)C12. The Labute approximate surface area is 120 Å². The van der Waals surface area contributed by atoms with E-state index in [1.54, 1.807) is 0 Å². The van der Waals surface area contributed by atoms with Gasteiger partial charge in [0.05, 0.1) is 9.95 Å². The first kappa shape index (κ1) is 12.4. The molecule has 0 aromatic heterocycles. The Morgan fingerprint density at radius 1 is 1.30 bits per heavy atom. The lowest BCUT2D eigenvalue weighted by Crippen LogP contribution is -2.14. The summed E-state index contributed by atoms with van der Waals surface area (Å²) in [5.74, 6) is 2.17. The third-order valence-corrected chi connectivity index (χ3v) is 5.58. The zero-order chi connectivity index (χ0) is 14.0. The molecular formula is C14H14ClFN2O2. The molecule has 1 N–H and O–H groups in total. The van der Waals surface area contributed by atoms with Crippen molar-refractivity contribution in [3.05, 3.63) is 33.1 Å². The minimum Gasteiger partial charge on any atom is -0.376 e. The Bertz CT molecular complexity index is 593. The first-order valence-electron chi connectivity index (χ1n) is 6.96. The summed E-state index contributed by atoms with van der Waals surface area (Å²) >= 11 is 5.63. The minimum absolute atomic E-state index is 0.145. The Morgan fingerprint density at radius 2 is 1.95 bits per heavy atom. The Morgan fingerprint density at radius 3 is 2.55 bits per heavy atom. The van der Waals surface area contributed by atoms with Crippen LogP contribution in [0.1, 0.15) is 19.3 Å². The fourth-order valence-electron chi connectivity index (χ4n) is 4.50. The molecule has 3 fully saturated rings. The number of hydrogen-bond donors (Lipinski definition) is 1. The standard InChI is InChI=1S/C14H14ClFN2O2/c15-8-4-11(18(19)20)10(5-9(8)16)17-14-12-6-1-2-7(3-6)13(12)14/h4-7,12-14,17H,1-3H2. The van der Waals surface area contributed by atoms with Crippen LogP contribution in [0.15, 0.2) is 12.1 Å². The molecular weight excluding hydrogens is 283 g/mol. The third-order valence-electron chi connectivity index (χ3n) is 5.29. The summed E-state index contributed by atoms with van der Waals surface area (Å²) in [6, 6.07) is 2.52. The maximum atomic E-state index is 13.6. The van der Waals surface area contributed by atoms with Crippen LogP contribution in [0.25, 0.3) is 0 Å². The average Bonchev–Trinajstić information content (AvgIpc) is 2.81. The van der Waals surface area contributed by atoms with Crippen molar-refractivity contribution in [1.82, 2.24) is 0 Å². The van der Waals surface area contributed by atoms with Gasteiger partial charge in [-0.25, -0.2) is 4.39 Å². The van der Waals surface area contributed by atoms with Gasteiger partial charge in [0.2, 0.25) is 0 Å². The highest BCUT2D eigenvalue weighted by Gasteiger charge is 2.65. The molecule has 4 unspecified atom stereocenters. The second kappa shape index (κ2) is 4.07. The molecule has 4 rings (SSSR count). The number of anilines is 1. The van der Waals surface area contributed by atoms with E-state index < -0.39 is 10.7 Å². The molecule has 0 amide bonds. The molecule has 4 atom stereocenters. The number of fused-ring (bicyclic) bond motifs is 5. The highest BCUT2D eigenvalue weighted by molar-refractivity contribution is 6.31. The Balaban J connectivity index is 1.61. The predicted molar refractivity (Wildman–Crippen MR) is 73.3 cm³/mol. The minimum atomic E-state index is -0.617. The van der Waals surface area contributed by atoms with Crippen molar-refractivity contribution < 1.29 is 9.31 Å². The first-order chi connectivity index (χ1) is 9.56. The number of nitrogens with zero attached hydrogens (tertiary/aromatic N) is 1.